The fourth-order valence-corrected chi connectivity index (χ4v) is 7.32. The van der Waals surface area contributed by atoms with Crippen LogP contribution in [0, 0.1) is 30.6 Å². The maximum Gasteiger partial charge on any atom is 0.246 e. The molecule has 1 spiro atoms. The van der Waals surface area contributed by atoms with Crippen LogP contribution in [-0.4, -0.2) is 78.0 Å². The fraction of sp³-hybridized carbons (Fsp3) is 0.656. The number of nitrogens with one attached hydrogen (secondary N) is 2. The predicted octanol–water partition coefficient (Wildman–Crippen LogP) is 3.76. The van der Waals surface area contributed by atoms with Crippen LogP contribution >= 0.6 is 0 Å². The molecule has 0 radical (unpaired) electrons. The van der Waals surface area contributed by atoms with E-state index in [1.165, 1.54) is 6.42 Å². The zero-order chi connectivity index (χ0) is 28.6. The number of aryl methyl sites for hydroxylation is 1. The second-order valence-corrected chi connectivity index (χ2v) is 12.6. The zero-order valence-electron chi connectivity index (χ0n) is 24.7. The minimum Gasteiger partial charge on any atom is -0.359 e. The molecule has 1 saturated carbocycles. The molecule has 3 fully saturated rings. The summed E-state index contributed by atoms with van der Waals surface area (Å²) in [4.78, 5) is 45.9. The molecule has 8 nitrogen and oxygen atoms in total. The summed E-state index contributed by atoms with van der Waals surface area (Å²) in [6.45, 7) is 10.6. The van der Waals surface area contributed by atoms with E-state index in [9.17, 15) is 14.4 Å². The molecular weight excluding hydrogens is 504 g/mol. The van der Waals surface area contributed by atoms with Gasteiger partial charge in [0.1, 0.15) is 11.6 Å². The van der Waals surface area contributed by atoms with E-state index in [0.717, 1.165) is 37.8 Å². The highest BCUT2D eigenvalue weighted by atomic mass is 16.5. The van der Waals surface area contributed by atoms with Crippen LogP contribution < -0.4 is 10.6 Å². The third kappa shape index (κ3) is 5.20. The second kappa shape index (κ2) is 11.6. The molecule has 8 unspecified atom stereocenters. The van der Waals surface area contributed by atoms with Crippen molar-refractivity contribution < 1.29 is 19.1 Å². The average Bonchev–Trinajstić information content (AvgIpc) is 3.56. The first kappa shape index (κ1) is 28.8. The van der Waals surface area contributed by atoms with Gasteiger partial charge in [-0.2, -0.15) is 0 Å². The van der Waals surface area contributed by atoms with E-state index < -0.39 is 29.6 Å². The van der Waals surface area contributed by atoms with Gasteiger partial charge >= 0.3 is 0 Å². The minimum atomic E-state index is -1.13. The zero-order valence-corrected chi connectivity index (χ0v) is 24.7. The van der Waals surface area contributed by atoms with Crippen LogP contribution in [0.15, 0.2) is 36.4 Å². The van der Waals surface area contributed by atoms with Gasteiger partial charge in [-0.3, -0.25) is 14.4 Å². The largest absolute Gasteiger partial charge is 0.359 e. The minimum absolute atomic E-state index is 0.0684. The standard InChI is InChI=1S/C32H46N4O4/c1-6-7-16-35(5)17-18-36-28(30(38)34-24-13-9-11-21(3)22(24)4)32-15-14-25(40-32)26(27(32)31(36)39)29(37)33-23-12-8-10-20(2)19-23/h8,10,12,14-15,19,21-22,24-28H,6-7,9,11,13,16-18H2,1-5H3,(H,33,37)(H,34,38). The van der Waals surface area contributed by atoms with Crippen molar-refractivity contribution in [1.82, 2.24) is 15.1 Å². The number of hydrogen-bond acceptors (Lipinski definition) is 5. The number of anilines is 1. The highest BCUT2D eigenvalue weighted by molar-refractivity contribution is 6.02. The molecule has 8 heteroatoms. The van der Waals surface area contributed by atoms with Gasteiger partial charge in [-0.25, -0.2) is 0 Å². The Labute approximate surface area is 238 Å². The number of carbonyl (C=O) groups excluding carboxylic acids is 3. The number of hydrogen-bond donors (Lipinski definition) is 2. The molecule has 0 aromatic heterocycles. The lowest BCUT2D eigenvalue weighted by Crippen LogP contribution is -2.58. The first-order valence-electron chi connectivity index (χ1n) is 15.2. The molecule has 2 N–H and O–H groups in total. The maximum atomic E-state index is 14.2. The van der Waals surface area contributed by atoms with Crippen molar-refractivity contribution in [2.45, 2.75) is 83.6 Å². The molecule has 4 aliphatic rings. The number of likely N-dealkylation sites (N-methyl/N-ethyl adjacent to an activating group) is 1. The number of nitrogens with zero attached hydrogens (tertiary/aromatic N) is 2. The molecule has 8 atom stereocenters. The van der Waals surface area contributed by atoms with Gasteiger partial charge in [0.2, 0.25) is 17.7 Å². The molecule has 40 heavy (non-hydrogen) atoms. The van der Waals surface area contributed by atoms with E-state index >= 15 is 0 Å². The van der Waals surface area contributed by atoms with E-state index in [1.807, 2.05) is 43.3 Å². The summed E-state index contributed by atoms with van der Waals surface area (Å²) in [6, 6.07) is 6.90. The van der Waals surface area contributed by atoms with Gasteiger partial charge < -0.3 is 25.2 Å². The number of rotatable bonds is 10. The monoisotopic (exact) mass is 550 g/mol. The van der Waals surface area contributed by atoms with Crippen molar-refractivity contribution in [1.29, 1.82) is 0 Å². The molecule has 1 aliphatic carbocycles. The summed E-state index contributed by atoms with van der Waals surface area (Å²) < 4.78 is 6.51. The SMILES string of the molecule is CCCCN(C)CCN1C(=O)C2C(C(=O)Nc3cccc(C)c3)C3C=CC2(O3)C1C(=O)NC1CCCC(C)C1C. The van der Waals surface area contributed by atoms with Crippen molar-refractivity contribution >= 4 is 23.4 Å². The van der Waals surface area contributed by atoms with E-state index in [0.29, 0.717) is 30.6 Å². The maximum absolute atomic E-state index is 14.2. The van der Waals surface area contributed by atoms with Crippen molar-refractivity contribution in [2.75, 3.05) is 32.0 Å². The van der Waals surface area contributed by atoms with Crippen LogP contribution in [0.2, 0.25) is 0 Å². The lowest BCUT2D eigenvalue weighted by molar-refractivity contribution is -0.141. The number of benzene rings is 1. The van der Waals surface area contributed by atoms with Crippen LogP contribution in [0.4, 0.5) is 5.69 Å². The van der Waals surface area contributed by atoms with E-state index in [1.54, 1.807) is 4.90 Å². The first-order valence-corrected chi connectivity index (χ1v) is 15.2. The third-order valence-electron chi connectivity index (χ3n) is 9.86. The first-order chi connectivity index (χ1) is 19.2. The molecule has 3 heterocycles. The van der Waals surface area contributed by atoms with Gasteiger partial charge in [0.15, 0.2) is 0 Å². The van der Waals surface area contributed by atoms with Crippen molar-refractivity contribution in [3.05, 3.63) is 42.0 Å². The quantitative estimate of drug-likeness (QED) is 0.433. The summed E-state index contributed by atoms with van der Waals surface area (Å²) in [7, 11) is 2.05. The van der Waals surface area contributed by atoms with Gasteiger partial charge in [0.25, 0.3) is 0 Å². The second-order valence-electron chi connectivity index (χ2n) is 12.6. The Bertz CT molecular complexity index is 1150. The molecule has 2 saturated heterocycles. The van der Waals surface area contributed by atoms with Crippen molar-refractivity contribution in [2.24, 2.45) is 23.7 Å². The third-order valence-corrected chi connectivity index (χ3v) is 9.86. The van der Waals surface area contributed by atoms with Crippen LogP contribution in [0.5, 0.6) is 0 Å². The lowest BCUT2D eigenvalue weighted by Gasteiger charge is -2.38. The number of amides is 3. The molecule has 5 rings (SSSR count). The van der Waals surface area contributed by atoms with E-state index in [2.05, 4.69) is 43.4 Å². The van der Waals surface area contributed by atoms with Gasteiger partial charge in [0.05, 0.1) is 17.9 Å². The summed E-state index contributed by atoms with van der Waals surface area (Å²) in [5.41, 5.74) is 0.600. The molecular formula is C32H46N4O4. The van der Waals surface area contributed by atoms with Gasteiger partial charge in [-0.1, -0.05) is 64.3 Å². The number of fused-ring (bicyclic) bond motifs is 1. The van der Waals surface area contributed by atoms with E-state index in [-0.39, 0.29) is 23.8 Å². The van der Waals surface area contributed by atoms with Gasteiger partial charge in [-0.05, 0) is 62.9 Å². The van der Waals surface area contributed by atoms with Crippen LogP contribution in [0.3, 0.4) is 0 Å². The smallest absolute Gasteiger partial charge is 0.246 e. The Kier molecular flexibility index (Phi) is 8.39. The highest BCUT2D eigenvalue weighted by Crippen LogP contribution is 2.55. The van der Waals surface area contributed by atoms with E-state index in [4.69, 9.17) is 4.74 Å². The number of carbonyl (C=O) groups is 3. The molecule has 1 aromatic carbocycles. The number of unbranched alkanes of at least 4 members (excludes halogenated alkanes) is 1. The molecule has 3 aliphatic heterocycles. The van der Waals surface area contributed by atoms with Gasteiger partial charge in [0, 0.05) is 24.8 Å². The van der Waals surface area contributed by atoms with Crippen LogP contribution in [0.25, 0.3) is 0 Å². The number of ether oxygens (including phenoxy) is 1. The predicted molar refractivity (Wildman–Crippen MR) is 156 cm³/mol. The summed E-state index contributed by atoms with van der Waals surface area (Å²) in [5.74, 6) is -1.09. The molecule has 218 valence electrons. The average molecular weight is 551 g/mol. The molecule has 2 bridgehead atoms. The number of likely N-dealkylation sites (tertiary alicyclic amines) is 1. The van der Waals surface area contributed by atoms with Crippen LogP contribution in [-0.2, 0) is 19.1 Å². The Morgan fingerprint density at radius 3 is 2.73 bits per heavy atom. The topological polar surface area (TPSA) is 91.0 Å². The summed E-state index contributed by atoms with van der Waals surface area (Å²) in [6.07, 6.45) is 8.61. The Balaban J connectivity index is 1.41. The van der Waals surface area contributed by atoms with Gasteiger partial charge in [-0.15, -0.1) is 0 Å². The summed E-state index contributed by atoms with van der Waals surface area (Å²) in [5, 5.41) is 6.35. The molecule has 3 amide bonds. The Morgan fingerprint density at radius 2 is 1.98 bits per heavy atom. The van der Waals surface area contributed by atoms with Crippen LogP contribution in [0.1, 0.15) is 58.4 Å². The Hall–Kier alpha value is -2.71. The Morgan fingerprint density at radius 1 is 1.18 bits per heavy atom. The summed E-state index contributed by atoms with van der Waals surface area (Å²) >= 11 is 0. The molecule has 1 aromatic rings. The highest BCUT2D eigenvalue weighted by Gasteiger charge is 2.72. The van der Waals surface area contributed by atoms with Crippen molar-refractivity contribution in [3.8, 4) is 0 Å². The fourth-order valence-electron chi connectivity index (χ4n) is 7.32. The normalized spacial score (nSPS) is 34.4. The van der Waals surface area contributed by atoms with Crippen molar-refractivity contribution in [3.63, 3.8) is 0 Å². The lowest BCUT2D eigenvalue weighted by atomic mass is 9.73.